The van der Waals surface area contributed by atoms with Crippen molar-refractivity contribution in [1.29, 1.82) is 0 Å². The van der Waals surface area contributed by atoms with Crippen LogP contribution in [0.25, 0.3) is 10.9 Å². The van der Waals surface area contributed by atoms with Gasteiger partial charge in [0.15, 0.2) is 0 Å². The molecule has 0 bridgehead atoms. The Kier molecular flexibility index (Phi) is 3.98. The second-order valence-corrected chi connectivity index (χ2v) is 6.87. The van der Waals surface area contributed by atoms with Crippen molar-refractivity contribution in [2.45, 2.75) is 26.3 Å². The summed E-state index contributed by atoms with van der Waals surface area (Å²) in [5.41, 5.74) is 7.35. The molecule has 23 heavy (non-hydrogen) atoms. The number of likely N-dealkylation sites (tertiary alicyclic amines) is 1. The van der Waals surface area contributed by atoms with Crippen LogP contribution in [-0.4, -0.2) is 42.0 Å². The minimum Gasteiger partial charge on any atom is -0.497 e. The van der Waals surface area contributed by atoms with Crippen LogP contribution in [0.1, 0.15) is 30.8 Å². The predicted molar refractivity (Wildman–Crippen MR) is 90.6 cm³/mol. The first kappa shape index (κ1) is 15.7. The van der Waals surface area contributed by atoms with Gasteiger partial charge in [0.2, 0.25) is 0 Å². The number of piperidine rings is 1. The first-order valence-corrected chi connectivity index (χ1v) is 7.90. The van der Waals surface area contributed by atoms with Gasteiger partial charge in [0, 0.05) is 24.5 Å². The van der Waals surface area contributed by atoms with Crippen molar-refractivity contribution in [1.82, 2.24) is 9.88 Å². The number of benzene rings is 1. The smallest absolute Gasteiger partial charge is 0.272 e. The van der Waals surface area contributed by atoms with E-state index in [0.717, 1.165) is 23.1 Å². The summed E-state index contributed by atoms with van der Waals surface area (Å²) in [4.78, 5) is 19.1. The van der Waals surface area contributed by atoms with Crippen LogP contribution in [-0.2, 0) is 0 Å². The molecule has 1 fully saturated rings. The maximum absolute atomic E-state index is 12.8. The Balaban J connectivity index is 1.86. The van der Waals surface area contributed by atoms with Gasteiger partial charge in [-0.05, 0) is 36.1 Å². The molecule has 2 aromatic rings. The summed E-state index contributed by atoms with van der Waals surface area (Å²) in [6, 6.07) is 9.47. The van der Waals surface area contributed by atoms with E-state index >= 15 is 0 Å². The highest BCUT2D eigenvalue weighted by molar-refractivity contribution is 5.95. The molecule has 0 radical (unpaired) electrons. The van der Waals surface area contributed by atoms with E-state index < -0.39 is 0 Å². The van der Waals surface area contributed by atoms with Crippen molar-refractivity contribution in [3.05, 3.63) is 36.0 Å². The Morgan fingerprint density at radius 1 is 1.35 bits per heavy atom. The molecule has 1 unspecified atom stereocenters. The number of pyridine rings is 1. The van der Waals surface area contributed by atoms with Crippen molar-refractivity contribution in [3.63, 3.8) is 0 Å². The summed E-state index contributed by atoms with van der Waals surface area (Å²) in [5.74, 6) is 0.757. The minimum absolute atomic E-state index is 0.0253. The molecule has 1 aromatic carbocycles. The van der Waals surface area contributed by atoms with Gasteiger partial charge in [-0.25, -0.2) is 4.98 Å². The van der Waals surface area contributed by atoms with Crippen LogP contribution < -0.4 is 10.5 Å². The standard InChI is InChI=1S/C18H23N3O2/c1-18(2)11-21(9-8-16(18)19)17(22)15-6-4-12-10-13(23-3)5-7-14(12)20-15/h4-7,10,16H,8-9,11,19H2,1-3H3. The van der Waals surface area contributed by atoms with Crippen molar-refractivity contribution in [3.8, 4) is 5.75 Å². The number of fused-ring (bicyclic) bond motifs is 1. The van der Waals surface area contributed by atoms with E-state index in [9.17, 15) is 4.79 Å². The third-order valence-electron chi connectivity index (χ3n) is 4.71. The lowest BCUT2D eigenvalue weighted by Crippen LogP contribution is -2.54. The van der Waals surface area contributed by atoms with E-state index in [2.05, 4.69) is 18.8 Å². The van der Waals surface area contributed by atoms with Gasteiger partial charge in [-0.15, -0.1) is 0 Å². The molecule has 1 amide bonds. The fraction of sp³-hybridized carbons (Fsp3) is 0.444. The van der Waals surface area contributed by atoms with Crippen molar-refractivity contribution < 1.29 is 9.53 Å². The lowest BCUT2D eigenvalue weighted by molar-refractivity contribution is 0.0528. The van der Waals surface area contributed by atoms with E-state index in [4.69, 9.17) is 10.5 Å². The number of rotatable bonds is 2. The molecular formula is C18H23N3O2. The average Bonchev–Trinajstić information content (AvgIpc) is 2.55. The zero-order valence-corrected chi connectivity index (χ0v) is 13.9. The summed E-state index contributed by atoms with van der Waals surface area (Å²) in [5, 5.41) is 0.960. The fourth-order valence-corrected chi connectivity index (χ4v) is 3.06. The Morgan fingerprint density at radius 3 is 2.83 bits per heavy atom. The molecule has 1 atom stereocenters. The Bertz CT molecular complexity index is 742. The van der Waals surface area contributed by atoms with Gasteiger partial charge in [0.1, 0.15) is 11.4 Å². The van der Waals surface area contributed by atoms with E-state index in [1.807, 2.05) is 29.2 Å². The first-order chi connectivity index (χ1) is 10.9. The summed E-state index contributed by atoms with van der Waals surface area (Å²) in [6.07, 6.45) is 0.823. The highest BCUT2D eigenvalue weighted by Crippen LogP contribution is 2.28. The van der Waals surface area contributed by atoms with Crippen molar-refractivity contribution in [2.24, 2.45) is 11.1 Å². The van der Waals surface area contributed by atoms with Gasteiger partial charge in [-0.2, -0.15) is 0 Å². The van der Waals surface area contributed by atoms with Gasteiger partial charge >= 0.3 is 0 Å². The zero-order valence-electron chi connectivity index (χ0n) is 13.9. The van der Waals surface area contributed by atoms with Crippen LogP contribution in [0, 0.1) is 5.41 Å². The maximum atomic E-state index is 12.8. The molecule has 5 heteroatoms. The molecule has 0 aliphatic carbocycles. The zero-order chi connectivity index (χ0) is 16.6. The number of aromatic nitrogens is 1. The van der Waals surface area contributed by atoms with Crippen LogP contribution >= 0.6 is 0 Å². The van der Waals surface area contributed by atoms with E-state index in [-0.39, 0.29) is 17.4 Å². The highest BCUT2D eigenvalue weighted by atomic mass is 16.5. The lowest BCUT2D eigenvalue weighted by Gasteiger charge is -2.42. The normalized spacial score (nSPS) is 20.5. The maximum Gasteiger partial charge on any atom is 0.272 e. The number of hydrogen-bond donors (Lipinski definition) is 1. The number of nitrogens with two attached hydrogens (primary N) is 1. The molecule has 0 spiro atoms. The molecule has 1 aliphatic rings. The van der Waals surface area contributed by atoms with Crippen LogP contribution in [0.4, 0.5) is 0 Å². The van der Waals surface area contributed by atoms with Crippen LogP contribution in [0.3, 0.4) is 0 Å². The molecular weight excluding hydrogens is 290 g/mol. The van der Waals surface area contributed by atoms with Gasteiger partial charge in [-0.3, -0.25) is 4.79 Å². The van der Waals surface area contributed by atoms with Crippen LogP contribution in [0.2, 0.25) is 0 Å². The third kappa shape index (κ3) is 3.01. The third-order valence-corrected chi connectivity index (χ3v) is 4.71. The van der Waals surface area contributed by atoms with E-state index in [1.165, 1.54) is 0 Å². The number of hydrogen-bond acceptors (Lipinski definition) is 4. The predicted octanol–water partition coefficient (Wildman–Crippen LogP) is 2.44. The van der Waals surface area contributed by atoms with Crippen molar-refractivity contribution >= 4 is 16.8 Å². The number of carbonyl (C=O) groups is 1. The molecule has 1 saturated heterocycles. The van der Waals surface area contributed by atoms with Gasteiger partial charge in [-0.1, -0.05) is 19.9 Å². The molecule has 5 nitrogen and oxygen atoms in total. The largest absolute Gasteiger partial charge is 0.497 e. The number of ether oxygens (including phenoxy) is 1. The minimum atomic E-state index is -0.0713. The summed E-state index contributed by atoms with van der Waals surface area (Å²) >= 11 is 0. The molecule has 2 N–H and O–H groups in total. The monoisotopic (exact) mass is 313 g/mol. The van der Waals surface area contributed by atoms with E-state index in [0.29, 0.717) is 18.8 Å². The quantitative estimate of drug-likeness (QED) is 0.924. The molecule has 122 valence electrons. The average molecular weight is 313 g/mol. The Morgan fingerprint density at radius 2 is 2.13 bits per heavy atom. The molecule has 0 saturated carbocycles. The number of nitrogens with zero attached hydrogens (tertiary/aromatic N) is 2. The first-order valence-electron chi connectivity index (χ1n) is 7.90. The Hall–Kier alpha value is -2.14. The summed E-state index contributed by atoms with van der Waals surface area (Å²) in [7, 11) is 1.63. The summed E-state index contributed by atoms with van der Waals surface area (Å²) in [6.45, 7) is 5.56. The van der Waals surface area contributed by atoms with Crippen LogP contribution in [0.5, 0.6) is 5.75 Å². The second-order valence-electron chi connectivity index (χ2n) is 6.87. The SMILES string of the molecule is COc1ccc2nc(C(=O)N3CCC(N)C(C)(C)C3)ccc2c1. The molecule has 3 rings (SSSR count). The van der Waals surface area contributed by atoms with Gasteiger partial charge < -0.3 is 15.4 Å². The topological polar surface area (TPSA) is 68.5 Å². The van der Waals surface area contributed by atoms with Crippen LogP contribution in [0.15, 0.2) is 30.3 Å². The van der Waals surface area contributed by atoms with Crippen molar-refractivity contribution in [2.75, 3.05) is 20.2 Å². The molecule has 1 aromatic heterocycles. The number of methoxy groups -OCH3 is 1. The van der Waals surface area contributed by atoms with E-state index in [1.54, 1.807) is 13.2 Å². The molecule has 1 aliphatic heterocycles. The summed E-state index contributed by atoms with van der Waals surface area (Å²) < 4.78 is 5.21. The van der Waals surface area contributed by atoms with Gasteiger partial charge in [0.05, 0.1) is 12.6 Å². The lowest BCUT2D eigenvalue weighted by atomic mass is 9.79. The van der Waals surface area contributed by atoms with Gasteiger partial charge in [0.25, 0.3) is 5.91 Å². The second kappa shape index (κ2) is 5.81. The Labute approximate surface area is 136 Å². The number of carbonyl (C=O) groups excluding carboxylic acids is 1. The highest BCUT2D eigenvalue weighted by Gasteiger charge is 2.35. The fourth-order valence-electron chi connectivity index (χ4n) is 3.06. The number of amides is 1. The molecule has 2 heterocycles.